The highest BCUT2D eigenvalue weighted by Crippen LogP contribution is 2.40. The number of rotatable bonds is 7. The van der Waals surface area contributed by atoms with Crippen LogP contribution >= 0.6 is 15.9 Å². The van der Waals surface area contributed by atoms with Gasteiger partial charge in [0.05, 0.1) is 18.7 Å². The highest BCUT2D eigenvalue weighted by atomic mass is 79.9. The van der Waals surface area contributed by atoms with Crippen LogP contribution in [-0.2, 0) is 9.59 Å². The van der Waals surface area contributed by atoms with E-state index in [9.17, 15) is 14.7 Å². The number of benzene rings is 2. The van der Waals surface area contributed by atoms with Crippen LogP contribution in [0.1, 0.15) is 29.2 Å². The molecule has 1 aliphatic rings. The Morgan fingerprint density at radius 2 is 1.84 bits per heavy atom. The highest BCUT2D eigenvalue weighted by molar-refractivity contribution is 9.10. The van der Waals surface area contributed by atoms with Gasteiger partial charge in [-0.15, -0.1) is 0 Å². The van der Waals surface area contributed by atoms with Crippen molar-refractivity contribution in [3.63, 3.8) is 0 Å². The van der Waals surface area contributed by atoms with Crippen molar-refractivity contribution < 1.29 is 19.4 Å². The minimum absolute atomic E-state index is 0.113. The van der Waals surface area contributed by atoms with Crippen molar-refractivity contribution in [2.45, 2.75) is 19.4 Å². The second kappa shape index (κ2) is 9.66. The van der Waals surface area contributed by atoms with Gasteiger partial charge < -0.3 is 19.6 Å². The van der Waals surface area contributed by atoms with Gasteiger partial charge in [-0.05, 0) is 75.4 Å². The van der Waals surface area contributed by atoms with Crippen molar-refractivity contribution in [1.82, 2.24) is 9.80 Å². The van der Waals surface area contributed by atoms with E-state index in [2.05, 4.69) is 15.9 Å². The molecule has 1 fully saturated rings. The summed E-state index contributed by atoms with van der Waals surface area (Å²) in [5, 5.41) is 11.1. The second-order valence-corrected chi connectivity index (χ2v) is 8.80. The Morgan fingerprint density at radius 3 is 2.42 bits per heavy atom. The van der Waals surface area contributed by atoms with Gasteiger partial charge in [-0.25, -0.2) is 0 Å². The highest BCUT2D eigenvalue weighted by Gasteiger charge is 2.45. The average molecular weight is 487 g/mol. The molecule has 0 aliphatic carbocycles. The molecule has 0 unspecified atom stereocenters. The monoisotopic (exact) mass is 486 g/mol. The number of ether oxygens (including phenoxy) is 1. The number of aryl methyl sites for hydroxylation is 1. The Hall–Kier alpha value is -2.64. The summed E-state index contributed by atoms with van der Waals surface area (Å²) in [7, 11) is 5.51. The number of methoxy groups -OCH3 is 1. The predicted molar refractivity (Wildman–Crippen MR) is 124 cm³/mol. The minimum Gasteiger partial charge on any atom is -0.507 e. The molecule has 164 valence electrons. The molecule has 1 N–H and O–H groups in total. The smallest absolute Gasteiger partial charge is 0.295 e. The van der Waals surface area contributed by atoms with Crippen LogP contribution in [0.4, 0.5) is 0 Å². The van der Waals surface area contributed by atoms with Crippen LogP contribution in [0.5, 0.6) is 5.75 Å². The van der Waals surface area contributed by atoms with E-state index < -0.39 is 17.7 Å². The van der Waals surface area contributed by atoms with Crippen LogP contribution in [0, 0.1) is 6.92 Å². The number of ketones is 1. The maximum absolute atomic E-state index is 13.0. The molecule has 2 aromatic rings. The van der Waals surface area contributed by atoms with Crippen molar-refractivity contribution in [3.8, 4) is 5.75 Å². The van der Waals surface area contributed by atoms with Crippen molar-refractivity contribution in [2.24, 2.45) is 0 Å². The first-order chi connectivity index (χ1) is 14.7. The first kappa shape index (κ1) is 23.0. The Balaban J connectivity index is 2.10. The Kier molecular flexibility index (Phi) is 7.18. The molecule has 0 radical (unpaired) electrons. The molecule has 0 aromatic heterocycles. The van der Waals surface area contributed by atoms with E-state index in [1.54, 1.807) is 30.2 Å². The van der Waals surface area contributed by atoms with Gasteiger partial charge in [-0.2, -0.15) is 0 Å². The lowest BCUT2D eigenvalue weighted by atomic mass is 9.95. The van der Waals surface area contributed by atoms with Gasteiger partial charge in [0.1, 0.15) is 11.5 Å². The molecule has 0 spiro atoms. The third kappa shape index (κ3) is 4.83. The average Bonchev–Trinajstić information content (AvgIpc) is 2.98. The first-order valence-electron chi connectivity index (χ1n) is 10.1. The number of hydrogen-bond acceptors (Lipinski definition) is 5. The number of amides is 1. The van der Waals surface area contributed by atoms with Gasteiger partial charge in [0.25, 0.3) is 11.7 Å². The Labute approximate surface area is 191 Å². The molecule has 3 rings (SSSR count). The number of carbonyl (C=O) groups is 2. The molecule has 1 amide bonds. The summed E-state index contributed by atoms with van der Waals surface area (Å²) in [6, 6.07) is 12.0. The predicted octanol–water partition coefficient (Wildman–Crippen LogP) is 4.14. The SMILES string of the molecule is COc1ccc(C(O)=C2C(=O)C(=O)N(CCCN(C)C)[C@@H]2c2ccc(Br)cc2)cc1C. The van der Waals surface area contributed by atoms with Gasteiger partial charge in [0.15, 0.2) is 0 Å². The summed E-state index contributed by atoms with van der Waals surface area (Å²) >= 11 is 3.43. The fraction of sp³-hybridized carbons (Fsp3) is 0.333. The van der Waals surface area contributed by atoms with Crippen LogP contribution in [0.15, 0.2) is 52.5 Å². The molecule has 1 heterocycles. The third-order valence-electron chi connectivity index (χ3n) is 5.40. The number of likely N-dealkylation sites (tertiary alicyclic amines) is 1. The van der Waals surface area contributed by atoms with E-state index in [0.717, 1.165) is 22.1 Å². The number of halogens is 1. The number of aliphatic hydroxyl groups is 1. The summed E-state index contributed by atoms with van der Waals surface area (Å²) in [6.45, 7) is 3.07. The second-order valence-electron chi connectivity index (χ2n) is 7.89. The zero-order valence-electron chi connectivity index (χ0n) is 18.2. The number of aliphatic hydroxyl groups excluding tert-OH is 1. The molecule has 31 heavy (non-hydrogen) atoms. The minimum atomic E-state index is -0.663. The van der Waals surface area contributed by atoms with E-state index in [0.29, 0.717) is 24.3 Å². The lowest BCUT2D eigenvalue weighted by Crippen LogP contribution is -2.32. The summed E-state index contributed by atoms with van der Waals surface area (Å²) in [4.78, 5) is 29.6. The van der Waals surface area contributed by atoms with Crippen molar-refractivity contribution in [1.29, 1.82) is 0 Å². The van der Waals surface area contributed by atoms with Crippen molar-refractivity contribution in [3.05, 3.63) is 69.2 Å². The van der Waals surface area contributed by atoms with Gasteiger partial charge in [-0.3, -0.25) is 9.59 Å². The maximum Gasteiger partial charge on any atom is 0.295 e. The van der Waals surface area contributed by atoms with Crippen molar-refractivity contribution >= 4 is 33.4 Å². The molecule has 0 bridgehead atoms. The van der Waals surface area contributed by atoms with Crippen LogP contribution < -0.4 is 4.74 Å². The maximum atomic E-state index is 13.0. The van der Waals surface area contributed by atoms with Crippen LogP contribution in [0.3, 0.4) is 0 Å². The summed E-state index contributed by atoms with van der Waals surface area (Å²) in [6.07, 6.45) is 0.717. The van der Waals surface area contributed by atoms with E-state index in [-0.39, 0.29) is 11.3 Å². The quantitative estimate of drug-likeness (QED) is 0.361. The molecular weight excluding hydrogens is 460 g/mol. The lowest BCUT2D eigenvalue weighted by Gasteiger charge is -2.26. The first-order valence-corrected chi connectivity index (χ1v) is 10.9. The molecule has 1 saturated heterocycles. The summed E-state index contributed by atoms with van der Waals surface area (Å²) < 4.78 is 6.19. The number of carbonyl (C=O) groups excluding carboxylic acids is 2. The van der Waals surface area contributed by atoms with Gasteiger partial charge >= 0.3 is 0 Å². The molecule has 1 aliphatic heterocycles. The summed E-state index contributed by atoms with van der Waals surface area (Å²) in [5.41, 5.74) is 2.19. The molecular formula is C24H27BrN2O4. The zero-order valence-corrected chi connectivity index (χ0v) is 19.8. The van der Waals surface area contributed by atoms with E-state index in [4.69, 9.17) is 4.74 Å². The summed E-state index contributed by atoms with van der Waals surface area (Å²) in [5.74, 6) is -0.737. The fourth-order valence-corrected chi connectivity index (χ4v) is 4.11. The largest absolute Gasteiger partial charge is 0.507 e. The molecule has 7 heteroatoms. The third-order valence-corrected chi connectivity index (χ3v) is 5.93. The number of hydrogen-bond donors (Lipinski definition) is 1. The number of nitrogens with zero attached hydrogens (tertiary/aromatic N) is 2. The zero-order chi connectivity index (χ0) is 22.7. The van der Waals surface area contributed by atoms with Gasteiger partial charge in [0, 0.05) is 16.6 Å². The molecule has 2 aromatic carbocycles. The van der Waals surface area contributed by atoms with E-state index >= 15 is 0 Å². The Morgan fingerprint density at radius 1 is 1.16 bits per heavy atom. The van der Waals surface area contributed by atoms with Gasteiger partial charge in [0.2, 0.25) is 0 Å². The topological polar surface area (TPSA) is 70.1 Å². The molecule has 0 saturated carbocycles. The lowest BCUT2D eigenvalue weighted by molar-refractivity contribution is -0.139. The van der Waals surface area contributed by atoms with Crippen LogP contribution in [-0.4, -0.2) is 60.9 Å². The normalized spacial score (nSPS) is 18.1. The van der Waals surface area contributed by atoms with Crippen LogP contribution in [0.2, 0.25) is 0 Å². The Bertz CT molecular complexity index is 1010. The fourth-order valence-electron chi connectivity index (χ4n) is 3.84. The van der Waals surface area contributed by atoms with E-state index in [1.807, 2.05) is 50.2 Å². The van der Waals surface area contributed by atoms with Crippen molar-refractivity contribution in [2.75, 3.05) is 34.3 Å². The van der Waals surface area contributed by atoms with Gasteiger partial charge in [-0.1, -0.05) is 28.1 Å². The molecule has 6 nitrogen and oxygen atoms in total. The van der Waals surface area contributed by atoms with E-state index in [1.165, 1.54) is 0 Å². The van der Waals surface area contributed by atoms with Crippen LogP contribution in [0.25, 0.3) is 5.76 Å². The molecule has 1 atom stereocenters. The standard InChI is InChI=1S/C24H27BrN2O4/c1-15-14-17(8-11-19(15)31-4)22(28)20-21(16-6-9-18(25)10-7-16)27(24(30)23(20)29)13-5-12-26(2)3/h6-11,14,21,28H,5,12-13H2,1-4H3/t21-/m1/s1. The number of Topliss-reactive ketones (excluding diaryl/α,β-unsaturated/α-hetero) is 1.